The third kappa shape index (κ3) is 4.11. The lowest BCUT2D eigenvalue weighted by atomic mass is 9.90. The van der Waals surface area contributed by atoms with E-state index in [0.717, 1.165) is 17.6 Å². The highest BCUT2D eigenvalue weighted by Crippen LogP contribution is 2.27. The lowest BCUT2D eigenvalue weighted by Crippen LogP contribution is -2.51. The van der Waals surface area contributed by atoms with E-state index in [9.17, 15) is 9.18 Å². The molecule has 0 spiro atoms. The summed E-state index contributed by atoms with van der Waals surface area (Å²) in [5.41, 5.74) is 0.284. The van der Waals surface area contributed by atoms with E-state index >= 15 is 0 Å². The molecule has 1 amide bonds. The number of piperidine rings is 1. The molecule has 1 aromatic carbocycles. The molecule has 1 N–H and O–H groups in total. The van der Waals surface area contributed by atoms with Gasteiger partial charge in [-0.2, -0.15) is 10.2 Å². The lowest BCUT2D eigenvalue weighted by Gasteiger charge is -2.40. The molecule has 4 rings (SSSR count). The summed E-state index contributed by atoms with van der Waals surface area (Å²) in [6.45, 7) is 3.16. The average molecular weight is 430 g/mol. The quantitative estimate of drug-likeness (QED) is 0.670. The number of aromatic nitrogens is 5. The van der Waals surface area contributed by atoms with Crippen LogP contribution in [0.5, 0.6) is 0 Å². The molecule has 0 saturated carbocycles. The SMILES string of the molecule is CC1CCCN(C(=O)c2cccc(F)c2-n2nccn2)C1CNc1ncc(Cl)cn1. The Hall–Kier alpha value is -3.07. The van der Waals surface area contributed by atoms with Gasteiger partial charge in [0.1, 0.15) is 5.69 Å². The number of amides is 1. The molecule has 1 aliphatic rings. The molecule has 0 radical (unpaired) electrons. The Morgan fingerprint density at radius 2 is 2.00 bits per heavy atom. The molecule has 2 atom stereocenters. The summed E-state index contributed by atoms with van der Waals surface area (Å²) in [6.07, 6.45) is 7.80. The molecule has 2 aromatic heterocycles. The highest BCUT2D eigenvalue weighted by Gasteiger charge is 2.34. The van der Waals surface area contributed by atoms with Crippen molar-refractivity contribution < 1.29 is 9.18 Å². The van der Waals surface area contributed by atoms with Gasteiger partial charge in [-0.15, -0.1) is 4.80 Å². The van der Waals surface area contributed by atoms with Gasteiger partial charge in [0.2, 0.25) is 5.95 Å². The molecule has 1 aliphatic heterocycles. The van der Waals surface area contributed by atoms with E-state index in [-0.39, 0.29) is 29.1 Å². The zero-order valence-electron chi connectivity index (χ0n) is 16.4. The second-order valence-electron chi connectivity index (χ2n) is 7.25. The monoisotopic (exact) mass is 429 g/mol. The van der Waals surface area contributed by atoms with Gasteiger partial charge in [-0.25, -0.2) is 14.4 Å². The van der Waals surface area contributed by atoms with E-state index < -0.39 is 5.82 Å². The second kappa shape index (κ2) is 8.74. The van der Waals surface area contributed by atoms with Crippen LogP contribution >= 0.6 is 11.6 Å². The topological polar surface area (TPSA) is 88.8 Å². The fourth-order valence-electron chi connectivity index (χ4n) is 3.79. The molecular weight excluding hydrogens is 409 g/mol. The van der Waals surface area contributed by atoms with Crippen LogP contribution in [0.15, 0.2) is 43.0 Å². The fourth-order valence-corrected chi connectivity index (χ4v) is 3.89. The van der Waals surface area contributed by atoms with E-state index in [1.807, 2.05) is 0 Å². The van der Waals surface area contributed by atoms with Gasteiger partial charge < -0.3 is 10.2 Å². The van der Waals surface area contributed by atoms with Crippen molar-refractivity contribution in [2.45, 2.75) is 25.8 Å². The van der Waals surface area contributed by atoms with E-state index in [4.69, 9.17) is 11.6 Å². The number of halogens is 2. The van der Waals surface area contributed by atoms with Gasteiger partial charge in [0, 0.05) is 13.1 Å². The Morgan fingerprint density at radius 1 is 1.27 bits per heavy atom. The summed E-state index contributed by atoms with van der Waals surface area (Å²) in [4.78, 5) is 24.7. The van der Waals surface area contributed by atoms with Crippen molar-refractivity contribution in [2.75, 3.05) is 18.4 Å². The minimum atomic E-state index is -0.550. The van der Waals surface area contributed by atoms with Gasteiger partial charge in [-0.1, -0.05) is 24.6 Å². The zero-order valence-corrected chi connectivity index (χ0v) is 17.1. The Kier molecular flexibility index (Phi) is 5.89. The molecule has 2 unspecified atom stereocenters. The molecule has 1 fully saturated rings. The van der Waals surface area contributed by atoms with Crippen molar-refractivity contribution in [3.63, 3.8) is 0 Å². The Bertz CT molecular complexity index is 1010. The van der Waals surface area contributed by atoms with Crippen LogP contribution in [0.1, 0.15) is 30.1 Å². The highest BCUT2D eigenvalue weighted by molar-refractivity contribution is 6.30. The van der Waals surface area contributed by atoms with Gasteiger partial charge in [0.15, 0.2) is 5.82 Å². The average Bonchev–Trinajstić information content (AvgIpc) is 3.27. The van der Waals surface area contributed by atoms with Crippen LogP contribution in [0, 0.1) is 11.7 Å². The molecular formula is C20H21ClFN7O. The van der Waals surface area contributed by atoms with Gasteiger partial charge in [-0.05, 0) is 30.9 Å². The largest absolute Gasteiger partial charge is 0.352 e. The third-order valence-corrected chi connectivity index (χ3v) is 5.50. The minimum absolute atomic E-state index is 0.0541. The predicted molar refractivity (Wildman–Crippen MR) is 110 cm³/mol. The first-order chi connectivity index (χ1) is 14.5. The smallest absolute Gasteiger partial charge is 0.256 e. The van der Waals surface area contributed by atoms with Crippen molar-refractivity contribution in [1.82, 2.24) is 29.9 Å². The van der Waals surface area contributed by atoms with Crippen LogP contribution in [-0.4, -0.2) is 54.9 Å². The normalized spacial score (nSPS) is 19.0. The summed E-state index contributed by atoms with van der Waals surface area (Å²) in [7, 11) is 0. The molecule has 10 heteroatoms. The maximum Gasteiger partial charge on any atom is 0.256 e. The standard InChI is InChI=1S/C20H21ClFN7O/c1-13-4-3-9-28(17(13)12-25-20-23-10-14(21)11-24-20)19(30)15-5-2-6-16(22)18(15)29-26-7-8-27-29/h2,5-8,10-11,13,17H,3-4,9,12H2,1H3,(H,23,24,25). The molecule has 3 heterocycles. The number of hydrogen-bond donors (Lipinski definition) is 1. The van der Waals surface area contributed by atoms with Gasteiger partial charge in [0.05, 0.1) is 41.4 Å². The number of hydrogen-bond acceptors (Lipinski definition) is 6. The van der Waals surface area contributed by atoms with E-state index in [0.29, 0.717) is 24.1 Å². The molecule has 30 heavy (non-hydrogen) atoms. The Labute approximate surface area is 178 Å². The second-order valence-corrected chi connectivity index (χ2v) is 7.68. The number of rotatable bonds is 5. The van der Waals surface area contributed by atoms with Crippen molar-refractivity contribution >= 4 is 23.5 Å². The summed E-state index contributed by atoms with van der Waals surface area (Å²) in [5, 5.41) is 11.7. The molecule has 1 saturated heterocycles. The van der Waals surface area contributed by atoms with Gasteiger partial charge in [-0.3, -0.25) is 4.79 Å². The molecule has 156 valence electrons. The first kappa shape index (κ1) is 20.2. The van der Waals surface area contributed by atoms with Crippen LogP contribution in [0.4, 0.5) is 10.3 Å². The predicted octanol–water partition coefficient (Wildman–Crippen LogP) is 3.20. The first-order valence-electron chi connectivity index (χ1n) is 9.72. The summed E-state index contributed by atoms with van der Waals surface area (Å²) < 4.78 is 14.6. The van der Waals surface area contributed by atoms with E-state index in [2.05, 4.69) is 32.4 Å². The maximum absolute atomic E-state index is 14.6. The summed E-state index contributed by atoms with van der Waals surface area (Å²) in [6, 6.07) is 4.33. The number of nitrogens with zero attached hydrogens (tertiary/aromatic N) is 6. The van der Waals surface area contributed by atoms with Crippen LogP contribution in [0.3, 0.4) is 0 Å². The van der Waals surface area contributed by atoms with Crippen LogP contribution in [-0.2, 0) is 0 Å². The number of nitrogens with one attached hydrogen (secondary N) is 1. The van der Waals surface area contributed by atoms with Gasteiger partial charge >= 0.3 is 0 Å². The van der Waals surface area contributed by atoms with E-state index in [1.54, 1.807) is 11.0 Å². The zero-order chi connectivity index (χ0) is 21.1. The number of anilines is 1. The van der Waals surface area contributed by atoms with Crippen LogP contribution in [0.2, 0.25) is 5.02 Å². The number of carbonyl (C=O) groups excluding carboxylic acids is 1. The fraction of sp³-hybridized carbons (Fsp3) is 0.350. The Morgan fingerprint density at radius 3 is 2.73 bits per heavy atom. The van der Waals surface area contributed by atoms with Crippen molar-refractivity contribution in [3.8, 4) is 5.69 Å². The molecule has 3 aromatic rings. The minimum Gasteiger partial charge on any atom is -0.352 e. The van der Waals surface area contributed by atoms with Crippen molar-refractivity contribution in [1.29, 1.82) is 0 Å². The van der Waals surface area contributed by atoms with Crippen LogP contribution in [0.25, 0.3) is 5.69 Å². The molecule has 0 bridgehead atoms. The number of benzene rings is 1. The number of para-hydroxylation sites is 1. The molecule has 8 nitrogen and oxygen atoms in total. The summed E-state index contributed by atoms with van der Waals surface area (Å²) >= 11 is 5.84. The van der Waals surface area contributed by atoms with Crippen molar-refractivity contribution in [2.24, 2.45) is 5.92 Å². The number of carbonyl (C=O) groups is 1. The van der Waals surface area contributed by atoms with Crippen LogP contribution < -0.4 is 5.32 Å². The highest BCUT2D eigenvalue weighted by atomic mass is 35.5. The summed E-state index contributed by atoms with van der Waals surface area (Å²) in [5.74, 6) is -0.109. The van der Waals surface area contributed by atoms with Crippen molar-refractivity contribution in [3.05, 3.63) is 59.4 Å². The first-order valence-corrected chi connectivity index (χ1v) is 10.1. The lowest BCUT2D eigenvalue weighted by molar-refractivity contribution is 0.0539. The molecule has 0 aliphatic carbocycles. The van der Waals surface area contributed by atoms with E-state index in [1.165, 1.54) is 36.9 Å². The van der Waals surface area contributed by atoms with Gasteiger partial charge in [0.25, 0.3) is 5.91 Å². The third-order valence-electron chi connectivity index (χ3n) is 5.30. The maximum atomic E-state index is 14.6. The Balaban J connectivity index is 1.60. The number of likely N-dealkylation sites (tertiary alicyclic amines) is 1.